The van der Waals surface area contributed by atoms with Gasteiger partial charge in [0.05, 0.1) is 11.6 Å². The summed E-state index contributed by atoms with van der Waals surface area (Å²) in [6, 6.07) is 14.8. The fourth-order valence-corrected chi connectivity index (χ4v) is 4.99. The third-order valence-corrected chi connectivity index (χ3v) is 6.92. The zero-order valence-corrected chi connectivity index (χ0v) is 19.6. The normalized spacial score (nSPS) is 17.2. The number of rotatable bonds is 3. The number of aryl methyl sites for hydroxylation is 2. The third kappa shape index (κ3) is 4.27. The molecule has 0 bridgehead atoms. The van der Waals surface area contributed by atoms with Crippen LogP contribution >= 0.6 is 0 Å². The molecule has 0 saturated carbocycles. The predicted octanol–water partition coefficient (Wildman–Crippen LogP) is 5.42. The first-order valence-electron chi connectivity index (χ1n) is 11.8. The van der Waals surface area contributed by atoms with E-state index < -0.39 is 0 Å². The molecule has 5 rings (SSSR count). The van der Waals surface area contributed by atoms with E-state index in [2.05, 4.69) is 53.8 Å². The highest BCUT2D eigenvalue weighted by Gasteiger charge is 2.40. The number of nitrogens with zero attached hydrogens (tertiary/aromatic N) is 2. The molecule has 1 N–H and O–H groups in total. The molecule has 1 spiro atoms. The molecule has 6 heteroatoms. The summed E-state index contributed by atoms with van der Waals surface area (Å²) in [4.78, 5) is 23.9. The molecular formula is C27H31N3O3. The van der Waals surface area contributed by atoms with Crippen LogP contribution in [0.4, 0.5) is 4.79 Å². The number of carbonyl (C=O) groups is 1. The van der Waals surface area contributed by atoms with Gasteiger partial charge in [0.15, 0.2) is 0 Å². The van der Waals surface area contributed by atoms with Crippen LogP contribution < -0.4 is 10.2 Å². The molecule has 2 aliphatic rings. The summed E-state index contributed by atoms with van der Waals surface area (Å²) < 4.78 is 6.58. The average molecular weight is 446 g/mol. The highest BCUT2D eigenvalue weighted by atomic mass is 16.7. The van der Waals surface area contributed by atoms with Gasteiger partial charge in [0.25, 0.3) is 0 Å². The van der Waals surface area contributed by atoms with E-state index in [1.165, 1.54) is 22.3 Å². The molecule has 2 aliphatic heterocycles. The highest BCUT2D eigenvalue weighted by molar-refractivity contribution is 5.88. The zero-order chi connectivity index (χ0) is 23.0. The van der Waals surface area contributed by atoms with E-state index in [9.17, 15) is 4.79 Å². The maximum atomic E-state index is 12.3. The van der Waals surface area contributed by atoms with Crippen molar-refractivity contribution < 1.29 is 14.4 Å². The average Bonchev–Trinajstić information content (AvgIpc) is 2.83. The van der Waals surface area contributed by atoms with Gasteiger partial charge in [-0.2, -0.15) is 0 Å². The number of nitrogens with one attached hydrogen (secondary N) is 1. The van der Waals surface area contributed by atoms with Crippen molar-refractivity contribution in [3.63, 3.8) is 0 Å². The zero-order valence-electron chi connectivity index (χ0n) is 19.6. The fraction of sp³-hybridized carbons (Fsp3) is 0.407. The number of ether oxygens (including phenoxy) is 1. The van der Waals surface area contributed by atoms with Gasteiger partial charge in [-0.3, -0.25) is 9.82 Å². The number of urea groups is 1. The largest absolute Gasteiger partial charge is 0.487 e. The minimum Gasteiger partial charge on any atom is -0.487 e. The molecule has 0 unspecified atom stereocenters. The molecule has 2 amide bonds. The van der Waals surface area contributed by atoms with Crippen LogP contribution in [-0.2, 0) is 11.3 Å². The number of hydrogen-bond donors (Lipinski definition) is 1. The summed E-state index contributed by atoms with van der Waals surface area (Å²) in [5.41, 5.74) is 8.28. The number of benzene rings is 2. The Balaban J connectivity index is 1.30. The first kappa shape index (κ1) is 21.7. The Bertz CT molecular complexity index is 1180. The van der Waals surface area contributed by atoms with Crippen molar-refractivity contribution in [1.82, 2.24) is 15.4 Å². The first-order chi connectivity index (χ1) is 15.9. The van der Waals surface area contributed by atoms with E-state index in [0.29, 0.717) is 13.1 Å². The number of likely N-dealkylation sites (tertiary alicyclic amines) is 1. The lowest BCUT2D eigenvalue weighted by Crippen LogP contribution is -2.53. The number of fused-ring (bicyclic) bond motifs is 2. The molecule has 33 heavy (non-hydrogen) atoms. The summed E-state index contributed by atoms with van der Waals surface area (Å²) in [5, 5.41) is 1.16. The van der Waals surface area contributed by atoms with Gasteiger partial charge >= 0.3 is 6.03 Å². The fourth-order valence-electron chi connectivity index (χ4n) is 4.99. The number of hydrogen-bond acceptors (Lipinski definition) is 4. The Morgan fingerprint density at radius 3 is 2.76 bits per heavy atom. The topological polar surface area (TPSA) is 63.7 Å². The van der Waals surface area contributed by atoms with Gasteiger partial charge in [0, 0.05) is 37.5 Å². The minimum atomic E-state index is -0.188. The van der Waals surface area contributed by atoms with Crippen molar-refractivity contribution in [2.24, 2.45) is 0 Å². The van der Waals surface area contributed by atoms with Crippen LogP contribution in [-0.4, -0.2) is 40.7 Å². The number of aromatic nitrogens is 1. The van der Waals surface area contributed by atoms with Crippen LogP contribution in [0.25, 0.3) is 22.0 Å². The summed E-state index contributed by atoms with van der Waals surface area (Å²) in [6.45, 7) is 7.27. The minimum absolute atomic E-state index is 0.0391. The van der Waals surface area contributed by atoms with E-state index in [0.717, 1.165) is 42.3 Å². The van der Waals surface area contributed by atoms with Crippen LogP contribution in [0, 0.1) is 6.92 Å². The molecule has 0 aliphatic carbocycles. The van der Waals surface area contributed by atoms with Crippen LogP contribution in [0.15, 0.2) is 48.7 Å². The number of pyridine rings is 1. The molecular weight excluding hydrogens is 414 g/mol. The van der Waals surface area contributed by atoms with Gasteiger partial charge in [0.1, 0.15) is 11.4 Å². The van der Waals surface area contributed by atoms with Crippen molar-refractivity contribution in [3.8, 4) is 16.9 Å². The first-order valence-corrected chi connectivity index (χ1v) is 11.8. The van der Waals surface area contributed by atoms with E-state index in [1.54, 1.807) is 0 Å². The van der Waals surface area contributed by atoms with Crippen molar-refractivity contribution in [1.29, 1.82) is 0 Å². The van der Waals surface area contributed by atoms with Crippen LogP contribution in [0.2, 0.25) is 0 Å². The summed E-state index contributed by atoms with van der Waals surface area (Å²) >= 11 is 0. The second kappa shape index (κ2) is 8.67. The van der Waals surface area contributed by atoms with Gasteiger partial charge < -0.3 is 9.64 Å². The van der Waals surface area contributed by atoms with Crippen molar-refractivity contribution >= 4 is 16.9 Å². The SMILES string of the molecule is Cc1c(-c2ccc3c(c2)CCC2(CCN(C(=O)NOC(C)C)CC2)O3)ccc2cccnc12. The van der Waals surface area contributed by atoms with E-state index >= 15 is 0 Å². The standard InChI is InChI=1S/C27H31N3O3/c1-18(2)33-29-26(31)30-15-12-27(13-16-30)11-10-22-17-21(7-9-24(22)32-27)23-8-6-20-5-4-14-28-25(20)19(23)3/h4-9,14,17-18H,10-13,15-16H2,1-3H3,(H,29,31). The lowest BCUT2D eigenvalue weighted by molar-refractivity contribution is -0.0224. The second-order valence-corrected chi connectivity index (χ2v) is 9.48. The molecule has 1 fully saturated rings. The maximum Gasteiger partial charge on any atom is 0.341 e. The van der Waals surface area contributed by atoms with Crippen LogP contribution in [0.1, 0.15) is 44.2 Å². The second-order valence-electron chi connectivity index (χ2n) is 9.48. The smallest absolute Gasteiger partial charge is 0.341 e. The highest BCUT2D eigenvalue weighted by Crippen LogP contribution is 2.41. The monoisotopic (exact) mass is 445 g/mol. The van der Waals surface area contributed by atoms with Gasteiger partial charge in [-0.15, -0.1) is 0 Å². The Morgan fingerprint density at radius 1 is 1.15 bits per heavy atom. The molecule has 2 aromatic carbocycles. The van der Waals surface area contributed by atoms with Gasteiger partial charge in [-0.05, 0) is 74.1 Å². The molecule has 3 aromatic rings. The molecule has 1 saturated heterocycles. The third-order valence-electron chi connectivity index (χ3n) is 6.92. The van der Waals surface area contributed by atoms with Crippen LogP contribution in [0.3, 0.4) is 0 Å². The van der Waals surface area contributed by atoms with E-state index in [4.69, 9.17) is 9.57 Å². The molecule has 6 nitrogen and oxygen atoms in total. The Labute approximate surface area is 194 Å². The number of carbonyl (C=O) groups excluding carboxylic acids is 1. The molecule has 172 valence electrons. The Morgan fingerprint density at radius 2 is 1.97 bits per heavy atom. The lowest BCUT2D eigenvalue weighted by atomic mass is 9.82. The number of piperidine rings is 1. The Kier molecular flexibility index (Phi) is 5.71. The summed E-state index contributed by atoms with van der Waals surface area (Å²) in [7, 11) is 0. The summed E-state index contributed by atoms with van der Waals surface area (Å²) in [5.74, 6) is 0.975. The number of hydroxylamine groups is 1. The van der Waals surface area contributed by atoms with E-state index in [-0.39, 0.29) is 17.7 Å². The molecule has 1 aromatic heterocycles. The van der Waals surface area contributed by atoms with Crippen molar-refractivity contribution in [2.75, 3.05) is 13.1 Å². The van der Waals surface area contributed by atoms with E-state index in [1.807, 2.05) is 31.0 Å². The van der Waals surface area contributed by atoms with Gasteiger partial charge in [0.2, 0.25) is 0 Å². The van der Waals surface area contributed by atoms with Crippen LogP contribution in [0.5, 0.6) is 5.75 Å². The van der Waals surface area contributed by atoms with Gasteiger partial charge in [-0.1, -0.05) is 24.3 Å². The van der Waals surface area contributed by atoms with Crippen molar-refractivity contribution in [3.05, 3.63) is 59.8 Å². The predicted molar refractivity (Wildman–Crippen MR) is 129 cm³/mol. The molecule has 0 atom stereocenters. The van der Waals surface area contributed by atoms with Crippen molar-refractivity contribution in [2.45, 2.75) is 58.2 Å². The lowest BCUT2D eigenvalue weighted by Gasteiger charge is -2.44. The van der Waals surface area contributed by atoms with Gasteiger partial charge in [-0.25, -0.2) is 10.3 Å². The quantitative estimate of drug-likeness (QED) is 0.547. The Hall–Kier alpha value is -3.12. The summed E-state index contributed by atoms with van der Waals surface area (Å²) in [6.07, 6.45) is 5.43. The maximum absolute atomic E-state index is 12.3. The molecule has 3 heterocycles. The molecule has 0 radical (unpaired) electrons. The number of amides is 2.